The van der Waals surface area contributed by atoms with Crippen LogP contribution in [0.5, 0.6) is 0 Å². The second-order valence-corrected chi connectivity index (χ2v) is 7.70. The van der Waals surface area contributed by atoms with Gasteiger partial charge in [0, 0.05) is 0 Å². The fourth-order valence-electron chi connectivity index (χ4n) is 4.23. The zero-order chi connectivity index (χ0) is 22.5. The van der Waals surface area contributed by atoms with Gasteiger partial charge in [-0.3, -0.25) is 5.84 Å². The Morgan fingerprint density at radius 1 is 1.23 bits per heavy atom. The van der Waals surface area contributed by atoms with Gasteiger partial charge in [0.2, 0.25) is 5.95 Å². The molecule has 1 aliphatic rings. The van der Waals surface area contributed by atoms with Gasteiger partial charge in [0.1, 0.15) is 0 Å². The lowest BCUT2D eigenvalue weighted by Crippen LogP contribution is -2.12. The molecule has 4 rings (SSSR count). The summed E-state index contributed by atoms with van der Waals surface area (Å²) in [6, 6.07) is 4.96. The van der Waals surface area contributed by atoms with Gasteiger partial charge in [-0.1, -0.05) is 26.0 Å². The van der Waals surface area contributed by atoms with E-state index in [9.17, 15) is 13.2 Å². The van der Waals surface area contributed by atoms with Crippen molar-refractivity contribution in [3.63, 3.8) is 0 Å². The van der Waals surface area contributed by atoms with Gasteiger partial charge in [0.25, 0.3) is 5.82 Å². The minimum Gasteiger partial charge on any atom is -0.397 e. The number of alkyl halides is 3. The molecule has 8 nitrogen and oxygen atoms in total. The van der Waals surface area contributed by atoms with Crippen LogP contribution in [0, 0.1) is 11.8 Å². The maximum Gasteiger partial charge on any atom is 0.453 e. The Morgan fingerprint density at radius 3 is 2.58 bits per heavy atom. The second kappa shape index (κ2) is 7.41. The number of benzene rings is 1. The fourth-order valence-corrected chi connectivity index (χ4v) is 4.23. The van der Waals surface area contributed by atoms with Crippen molar-refractivity contribution in [1.82, 2.24) is 19.6 Å². The van der Waals surface area contributed by atoms with E-state index >= 15 is 0 Å². The summed E-state index contributed by atoms with van der Waals surface area (Å²) >= 11 is 0. The molecule has 3 aromatic rings. The van der Waals surface area contributed by atoms with Crippen molar-refractivity contribution in [2.45, 2.75) is 32.9 Å². The van der Waals surface area contributed by atoms with Crippen LogP contribution in [0.2, 0.25) is 0 Å². The van der Waals surface area contributed by atoms with Crippen LogP contribution in [-0.4, -0.2) is 19.6 Å². The highest BCUT2D eigenvalue weighted by molar-refractivity contribution is 5.91. The summed E-state index contributed by atoms with van der Waals surface area (Å²) in [4.78, 5) is 8.28. The fraction of sp³-hybridized carbons (Fsp3) is 0.350. The van der Waals surface area contributed by atoms with Crippen LogP contribution in [0.15, 0.2) is 24.3 Å². The molecule has 0 radical (unpaired) electrons. The number of hydrogen-bond donors (Lipinski definition) is 4. The van der Waals surface area contributed by atoms with Gasteiger partial charge >= 0.3 is 6.18 Å². The Hall–Kier alpha value is -3.34. The molecule has 1 aliphatic carbocycles. The number of hydrogen-bond acceptors (Lipinski definition) is 7. The number of anilines is 3. The molecule has 31 heavy (non-hydrogen) atoms. The third kappa shape index (κ3) is 3.44. The molecule has 0 spiro atoms. The molecule has 2 aromatic heterocycles. The highest BCUT2D eigenvalue weighted by atomic mass is 19.4. The van der Waals surface area contributed by atoms with E-state index in [0.29, 0.717) is 34.1 Å². The number of fused-ring (bicyclic) bond motifs is 1. The zero-order valence-electron chi connectivity index (χ0n) is 17.0. The SMILES string of the molecule is CCC1C(c2nc(N)n3nc(C(F)(F)F)nc3c2-c2ccc(NN)c(N)c2)=CCC1C. The van der Waals surface area contributed by atoms with Crippen LogP contribution in [0.3, 0.4) is 0 Å². The Balaban J connectivity index is 2.05. The molecule has 164 valence electrons. The molecule has 0 amide bonds. The number of nitrogens with zero attached hydrogens (tertiary/aromatic N) is 4. The van der Waals surface area contributed by atoms with E-state index in [1.807, 2.05) is 0 Å². The molecule has 7 N–H and O–H groups in total. The van der Waals surface area contributed by atoms with E-state index in [1.165, 1.54) is 0 Å². The maximum absolute atomic E-state index is 13.4. The van der Waals surface area contributed by atoms with Gasteiger partial charge in [-0.15, -0.1) is 5.10 Å². The number of aromatic nitrogens is 4. The summed E-state index contributed by atoms with van der Waals surface area (Å²) < 4.78 is 41.0. The van der Waals surface area contributed by atoms with E-state index in [-0.39, 0.29) is 17.5 Å². The van der Waals surface area contributed by atoms with Crippen molar-refractivity contribution in [2.24, 2.45) is 17.7 Å². The summed E-state index contributed by atoms with van der Waals surface area (Å²) in [5, 5.41) is 3.56. The predicted molar refractivity (Wildman–Crippen MR) is 113 cm³/mol. The molecule has 0 aliphatic heterocycles. The average Bonchev–Trinajstić information content (AvgIpc) is 3.32. The molecule has 2 heterocycles. The number of nitrogens with two attached hydrogens (primary N) is 3. The quantitative estimate of drug-likeness (QED) is 0.281. The third-order valence-electron chi connectivity index (χ3n) is 5.77. The Bertz CT molecular complexity index is 1180. The first-order valence-corrected chi connectivity index (χ1v) is 9.86. The van der Waals surface area contributed by atoms with Crippen LogP contribution in [0.25, 0.3) is 22.3 Å². The Labute approximate surface area is 176 Å². The van der Waals surface area contributed by atoms with Crippen LogP contribution in [0.1, 0.15) is 38.2 Å². The molecule has 0 saturated carbocycles. The van der Waals surface area contributed by atoms with Gasteiger partial charge in [0.15, 0.2) is 5.65 Å². The first kappa shape index (κ1) is 20.9. The number of halogens is 3. The molecule has 0 fully saturated rings. The first-order valence-electron chi connectivity index (χ1n) is 9.86. The van der Waals surface area contributed by atoms with Gasteiger partial charge < -0.3 is 16.9 Å². The van der Waals surface area contributed by atoms with Crippen molar-refractivity contribution in [1.29, 1.82) is 0 Å². The van der Waals surface area contributed by atoms with Crippen molar-refractivity contribution in [3.05, 3.63) is 35.8 Å². The van der Waals surface area contributed by atoms with Gasteiger partial charge in [-0.05, 0) is 47.9 Å². The summed E-state index contributed by atoms with van der Waals surface area (Å²) in [6.45, 7) is 4.21. The summed E-state index contributed by atoms with van der Waals surface area (Å²) in [5.41, 5.74) is 17.7. The van der Waals surface area contributed by atoms with E-state index < -0.39 is 12.0 Å². The lowest BCUT2D eigenvalue weighted by molar-refractivity contribution is -0.144. The predicted octanol–water partition coefficient (Wildman–Crippen LogP) is 3.71. The average molecular weight is 432 g/mol. The van der Waals surface area contributed by atoms with Crippen molar-refractivity contribution in [3.8, 4) is 11.1 Å². The van der Waals surface area contributed by atoms with E-state index in [4.69, 9.17) is 17.3 Å². The standard InChI is InChI=1S/C20H23F3N8/c1-3-11-9(2)4-6-12(11)16-15(10-5-7-14(29-26)13(24)8-10)17-28-18(20(21,22)23)30-31(17)19(25)27-16/h5-9,11,29H,3-4,24,26H2,1-2H3,(H2,25,27). The van der Waals surface area contributed by atoms with Gasteiger partial charge in [0.05, 0.1) is 22.6 Å². The largest absolute Gasteiger partial charge is 0.453 e. The van der Waals surface area contributed by atoms with Crippen molar-refractivity contribution >= 4 is 28.5 Å². The van der Waals surface area contributed by atoms with Gasteiger partial charge in [-0.25, -0.2) is 9.97 Å². The van der Waals surface area contributed by atoms with E-state index in [1.54, 1.807) is 18.2 Å². The monoisotopic (exact) mass is 432 g/mol. The second-order valence-electron chi connectivity index (χ2n) is 7.70. The van der Waals surface area contributed by atoms with E-state index in [2.05, 4.69) is 40.4 Å². The minimum absolute atomic E-state index is 0.0296. The highest BCUT2D eigenvalue weighted by Gasteiger charge is 2.38. The van der Waals surface area contributed by atoms with Crippen LogP contribution < -0.4 is 22.7 Å². The Morgan fingerprint density at radius 2 is 1.97 bits per heavy atom. The number of rotatable bonds is 4. The van der Waals surface area contributed by atoms with Crippen LogP contribution >= 0.6 is 0 Å². The van der Waals surface area contributed by atoms with Crippen LogP contribution in [-0.2, 0) is 6.18 Å². The smallest absolute Gasteiger partial charge is 0.397 e. The van der Waals surface area contributed by atoms with E-state index in [0.717, 1.165) is 22.9 Å². The molecule has 11 heteroatoms. The molecule has 2 unspecified atom stereocenters. The van der Waals surface area contributed by atoms with Crippen molar-refractivity contribution < 1.29 is 13.2 Å². The maximum atomic E-state index is 13.4. The molecule has 2 atom stereocenters. The molecule has 1 aromatic carbocycles. The molecule has 0 bridgehead atoms. The summed E-state index contributed by atoms with van der Waals surface area (Å²) in [7, 11) is 0. The highest BCUT2D eigenvalue weighted by Crippen LogP contribution is 2.44. The first-order chi connectivity index (χ1) is 14.7. The summed E-state index contributed by atoms with van der Waals surface area (Å²) in [5.74, 6) is 4.59. The molecular weight excluding hydrogens is 409 g/mol. The van der Waals surface area contributed by atoms with Gasteiger partial charge in [-0.2, -0.15) is 17.7 Å². The molecule has 0 saturated heterocycles. The lowest BCUT2D eigenvalue weighted by atomic mass is 9.86. The zero-order valence-corrected chi connectivity index (χ0v) is 17.0. The normalized spacial score (nSPS) is 19.1. The number of hydrazine groups is 1. The minimum atomic E-state index is -4.73. The number of nitrogen functional groups attached to an aromatic ring is 3. The summed E-state index contributed by atoms with van der Waals surface area (Å²) in [6.07, 6.45) is -0.952. The van der Waals surface area contributed by atoms with Crippen LogP contribution in [0.4, 0.5) is 30.5 Å². The number of nitrogens with one attached hydrogen (secondary N) is 1. The number of allylic oxidation sites excluding steroid dienone is 2. The lowest BCUT2D eigenvalue weighted by Gasteiger charge is -2.20. The topological polar surface area (TPSA) is 133 Å². The Kier molecular flexibility index (Phi) is 5.00. The third-order valence-corrected chi connectivity index (χ3v) is 5.77. The van der Waals surface area contributed by atoms with Crippen molar-refractivity contribution in [2.75, 3.05) is 16.9 Å². The molecular formula is C20H23F3N8.